The highest BCUT2D eigenvalue weighted by Crippen LogP contribution is 2.63. The molecule has 0 aromatic heterocycles. The van der Waals surface area contributed by atoms with Gasteiger partial charge in [-0.25, -0.2) is 0 Å². The maximum atomic E-state index is 2.37. The summed E-state index contributed by atoms with van der Waals surface area (Å²) in [4.78, 5) is 2.37. The predicted octanol–water partition coefficient (Wildman–Crippen LogP) is 14.5. The lowest BCUT2D eigenvalue weighted by atomic mass is 9.70. The minimum Gasteiger partial charge on any atom is -0.310 e. The van der Waals surface area contributed by atoms with Crippen LogP contribution in [0.1, 0.15) is 22.3 Å². The maximum Gasteiger partial charge on any atom is 0.0725 e. The third-order valence-corrected chi connectivity index (χ3v) is 11.9. The maximum absolute atomic E-state index is 2.37. The number of fused-ring (bicyclic) bond motifs is 10. The molecule has 0 bridgehead atoms. The lowest BCUT2D eigenvalue weighted by molar-refractivity contribution is 0.794. The summed E-state index contributed by atoms with van der Waals surface area (Å²) in [5.74, 6) is 0. The van der Waals surface area contributed by atoms with Crippen LogP contribution in [-0.4, -0.2) is 0 Å². The number of nitrogens with zero attached hydrogens (tertiary/aromatic N) is 1. The van der Waals surface area contributed by atoms with Gasteiger partial charge >= 0.3 is 0 Å². The van der Waals surface area contributed by atoms with Crippen LogP contribution in [0, 0.1) is 0 Å². The van der Waals surface area contributed by atoms with Crippen LogP contribution in [0.2, 0.25) is 0 Å². The number of hydrogen-bond donors (Lipinski definition) is 0. The molecule has 0 atom stereocenters. The minimum atomic E-state index is -0.360. The van der Waals surface area contributed by atoms with Gasteiger partial charge in [0.05, 0.1) is 5.41 Å². The number of rotatable bonds is 6. The van der Waals surface area contributed by atoms with Gasteiger partial charge in [0.2, 0.25) is 0 Å². The Morgan fingerprint density at radius 1 is 0.250 bits per heavy atom. The second-order valence-electron chi connectivity index (χ2n) is 14.8. The molecule has 2 aliphatic carbocycles. The van der Waals surface area contributed by atoms with Crippen LogP contribution in [0.15, 0.2) is 224 Å². The van der Waals surface area contributed by atoms with E-state index in [1.54, 1.807) is 0 Å². The molecule has 0 aliphatic heterocycles. The van der Waals surface area contributed by atoms with Crippen LogP contribution in [-0.2, 0) is 5.41 Å². The van der Waals surface area contributed by atoms with Crippen LogP contribution in [0.5, 0.6) is 0 Å². The van der Waals surface area contributed by atoms with Gasteiger partial charge in [0, 0.05) is 17.1 Å². The fourth-order valence-corrected chi connectivity index (χ4v) is 9.51. The highest BCUT2D eigenvalue weighted by Gasteiger charge is 2.51. The molecule has 1 nitrogen and oxygen atoms in total. The molecule has 262 valence electrons. The molecular formula is C55H37N. The third kappa shape index (κ3) is 4.88. The van der Waals surface area contributed by atoms with E-state index in [4.69, 9.17) is 0 Å². The van der Waals surface area contributed by atoms with Crippen molar-refractivity contribution in [3.63, 3.8) is 0 Å². The Morgan fingerprint density at radius 2 is 0.661 bits per heavy atom. The van der Waals surface area contributed by atoms with Crippen molar-refractivity contribution in [2.24, 2.45) is 0 Å². The van der Waals surface area contributed by atoms with E-state index < -0.39 is 0 Å². The summed E-state index contributed by atoms with van der Waals surface area (Å²) < 4.78 is 0. The monoisotopic (exact) mass is 711 g/mol. The van der Waals surface area contributed by atoms with Gasteiger partial charge in [0.1, 0.15) is 0 Å². The van der Waals surface area contributed by atoms with Gasteiger partial charge in [-0.3, -0.25) is 0 Å². The first-order valence-corrected chi connectivity index (χ1v) is 19.4. The van der Waals surface area contributed by atoms with Crippen LogP contribution >= 0.6 is 0 Å². The zero-order valence-electron chi connectivity index (χ0n) is 30.8. The summed E-state index contributed by atoms with van der Waals surface area (Å²) >= 11 is 0. The molecular weight excluding hydrogens is 675 g/mol. The van der Waals surface area contributed by atoms with Crippen molar-refractivity contribution in [3.8, 4) is 55.6 Å². The summed E-state index contributed by atoms with van der Waals surface area (Å²) in [6.07, 6.45) is 0. The van der Waals surface area contributed by atoms with E-state index in [9.17, 15) is 0 Å². The molecule has 0 heterocycles. The molecule has 9 aromatic rings. The summed E-state index contributed by atoms with van der Waals surface area (Å²) in [6, 6.07) is 82.2. The Morgan fingerprint density at radius 3 is 1.27 bits per heavy atom. The molecule has 0 unspecified atom stereocenters. The first-order chi connectivity index (χ1) is 27.8. The molecule has 1 spiro atoms. The Balaban J connectivity index is 1.05. The van der Waals surface area contributed by atoms with Gasteiger partial charge in [-0.1, -0.05) is 188 Å². The molecule has 0 amide bonds. The van der Waals surface area contributed by atoms with E-state index in [-0.39, 0.29) is 5.41 Å². The van der Waals surface area contributed by atoms with E-state index in [0.29, 0.717) is 0 Å². The average Bonchev–Trinajstić information content (AvgIpc) is 3.75. The SMILES string of the molecule is c1ccc(-c2ccc(N(c3ccc(-c4cccc5c4-c4ccccc4C54c5ccccc5-c5ccccc54)cc3)c3cccc(-c4ccccc4)c3)cc2)cc1. The fourth-order valence-electron chi connectivity index (χ4n) is 9.51. The van der Waals surface area contributed by atoms with Crippen LogP contribution in [0.3, 0.4) is 0 Å². The first-order valence-electron chi connectivity index (χ1n) is 19.4. The van der Waals surface area contributed by atoms with Crippen molar-refractivity contribution in [3.05, 3.63) is 247 Å². The standard InChI is InChI=1S/C55H37N/c1-3-15-38(16-4-1)40-29-33-43(34-30-40)56(45-20-13-19-42(37-45)39-17-5-2-6-18-39)44-35-31-41(32-36-44)46-24-14-28-53-54(46)49-23-9-12-27-52(49)55(53)50-25-10-7-21-47(50)48-22-8-11-26-51(48)55/h1-37H. The van der Waals surface area contributed by atoms with Gasteiger partial charge in [-0.2, -0.15) is 0 Å². The molecule has 0 saturated carbocycles. The molecule has 56 heavy (non-hydrogen) atoms. The lowest BCUT2D eigenvalue weighted by Gasteiger charge is -2.30. The van der Waals surface area contributed by atoms with Crippen molar-refractivity contribution >= 4 is 17.1 Å². The van der Waals surface area contributed by atoms with Crippen LogP contribution in [0.25, 0.3) is 55.6 Å². The summed E-state index contributed by atoms with van der Waals surface area (Å²) in [5, 5.41) is 0. The topological polar surface area (TPSA) is 3.24 Å². The molecule has 11 rings (SSSR count). The summed E-state index contributed by atoms with van der Waals surface area (Å²) in [7, 11) is 0. The van der Waals surface area contributed by atoms with Gasteiger partial charge < -0.3 is 4.90 Å². The zero-order valence-corrected chi connectivity index (χ0v) is 30.8. The third-order valence-electron chi connectivity index (χ3n) is 11.9. The minimum absolute atomic E-state index is 0.360. The highest BCUT2D eigenvalue weighted by atomic mass is 15.1. The Bertz CT molecular complexity index is 2840. The fraction of sp³-hybridized carbons (Fsp3) is 0.0182. The number of anilines is 3. The van der Waals surface area contributed by atoms with E-state index in [1.165, 1.54) is 77.9 Å². The molecule has 0 fully saturated rings. The van der Waals surface area contributed by atoms with Crippen molar-refractivity contribution in [2.45, 2.75) is 5.41 Å². The van der Waals surface area contributed by atoms with Crippen molar-refractivity contribution in [1.29, 1.82) is 0 Å². The molecule has 0 saturated heterocycles. The Hall–Kier alpha value is -7.22. The second-order valence-corrected chi connectivity index (χ2v) is 14.8. The number of benzene rings is 9. The zero-order chi connectivity index (χ0) is 37.1. The molecule has 1 heteroatoms. The van der Waals surface area contributed by atoms with Crippen molar-refractivity contribution in [2.75, 3.05) is 4.90 Å². The second kappa shape index (κ2) is 13.0. The van der Waals surface area contributed by atoms with E-state index >= 15 is 0 Å². The normalized spacial score (nSPS) is 12.8. The Labute approximate surface area is 328 Å². The molecule has 9 aromatic carbocycles. The lowest BCUT2D eigenvalue weighted by Crippen LogP contribution is -2.25. The first kappa shape index (κ1) is 32.2. The van der Waals surface area contributed by atoms with E-state index in [2.05, 4.69) is 229 Å². The summed E-state index contributed by atoms with van der Waals surface area (Å²) in [5.41, 5.74) is 21.0. The molecule has 0 N–H and O–H groups in total. The van der Waals surface area contributed by atoms with Crippen LogP contribution < -0.4 is 4.90 Å². The van der Waals surface area contributed by atoms with E-state index in [1.807, 2.05) is 0 Å². The quantitative estimate of drug-likeness (QED) is 0.166. The molecule has 2 aliphatic rings. The van der Waals surface area contributed by atoms with Crippen molar-refractivity contribution < 1.29 is 0 Å². The van der Waals surface area contributed by atoms with Gasteiger partial charge in [-0.05, 0) is 114 Å². The predicted molar refractivity (Wildman–Crippen MR) is 234 cm³/mol. The Kier molecular flexibility index (Phi) is 7.47. The van der Waals surface area contributed by atoms with Crippen molar-refractivity contribution in [1.82, 2.24) is 0 Å². The van der Waals surface area contributed by atoms with Crippen LogP contribution in [0.4, 0.5) is 17.1 Å². The summed E-state index contributed by atoms with van der Waals surface area (Å²) in [6.45, 7) is 0. The highest BCUT2D eigenvalue weighted by molar-refractivity contribution is 6.00. The number of hydrogen-bond acceptors (Lipinski definition) is 1. The van der Waals surface area contributed by atoms with Gasteiger partial charge in [-0.15, -0.1) is 0 Å². The van der Waals surface area contributed by atoms with Gasteiger partial charge in [0.15, 0.2) is 0 Å². The average molecular weight is 712 g/mol. The smallest absolute Gasteiger partial charge is 0.0725 e. The largest absolute Gasteiger partial charge is 0.310 e. The molecule has 0 radical (unpaired) electrons. The van der Waals surface area contributed by atoms with Gasteiger partial charge in [0.25, 0.3) is 0 Å². The van der Waals surface area contributed by atoms with E-state index in [0.717, 1.165) is 17.1 Å².